The van der Waals surface area contributed by atoms with Gasteiger partial charge in [-0.3, -0.25) is 9.69 Å². The second-order valence-corrected chi connectivity index (χ2v) is 6.05. The average Bonchev–Trinajstić information content (AvgIpc) is 2.87. The van der Waals surface area contributed by atoms with Crippen molar-refractivity contribution in [2.45, 2.75) is 33.2 Å². The van der Waals surface area contributed by atoms with Crippen LogP contribution in [0, 0.1) is 11.8 Å². The molecular weight excluding hydrogens is 226 g/mol. The van der Waals surface area contributed by atoms with Crippen LogP contribution in [0.1, 0.15) is 27.2 Å². The van der Waals surface area contributed by atoms with Crippen LogP contribution in [0.15, 0.2) is 0 Å². The third-order valence-electron chi connectivity index (χ3n) is 4.53. The first-order valence-corrected chi connectivity index (χ1v) is 7.33. The Balaban J connectivity index is 1.85. The van der Waals surface area contributed by atoms with Crippen molar-refractivity contribution in [2.24, 2.45) is 11.8 Å². The number of nitrogens with zero attached hydrogens (tertiary/aromatic N) is 2. The number of hydrogen-bond acceptors (Lipinski definition) is 3. The van der Waals surface area contributed by atoms with E-state index < -0.39 is 0 Å². The van der Waals surface area contributed by atoms with Gasteiger partial charge in [-0.2, -0.15) is 0 Å². The fraction of sp³-hybridized carbons (Fsp3) is 0.929. The third-order valence-corrected chi connectivity index (χ3v) is 4.53. The van der Waals surface area contributed by atoms with Crippen LogP contribution in [0.2, 0.25) is 0 Å². The van der Waals surface area contributed by atoms with Crippen molar-refractivity contribution in [3.8, 4) is 0 Å². The number of piperazine rings is 1. The third kappa shape index (κ3) is 3.04. The minimum Gasteiger partial charge on any atom is -0.341 e. The molecule has 2 aliphatic rings. The molecule has 0 bridgehead atoms. The Bertz CT molecular complexity index is 287. The quantitative estimate of drug-likeness (QED) is 0.807. The summed E-state index contributed by atoms with van der Waals surface area (Å²) in [5.74, 6) is 0.949. The zero-order valence-corrected chi connectivity index (χ0v) is 12.0. The van der Waals surface area contributed by atoms with Crippen LogP contribution in [0.25, 0.3) is 0 Å². The van der Waals surface area contributed by atoms with E-state index in [0.29, 0.717) is 17.9 Å². The van der Waals surface area contributed by atoms with E-state index in [1.807, 2.05) is 0 Å². The van der Waals surface area contributed by atoms with Crippen molar-refractivity contribution in [2.75, 3.05) is 39.3 Å². The molecule has 2 rings (SSSR count). The summed E-state index contributed by atoms with van der Waals surface area (Å²) < 4.78 is 0. The molecular formula is C14H27N3O. The van der Waals surface area contributed by atoms with Crippen molar-refractivity contribution in [3.05, 3.63) is 0 Å². The van der Waals surface area contributed by atoms with Gasteiger partial charge in [0.1, 0.15) is 0 Å². The Morgan fingerprint density at radius 1 is 1.17 bits per heavy atom. The second-order valence-electron chi connectivity index (χ2n) is 6.05. The van der Waals surface area contributed by atoms with Gasteiger partial charge in [-0.15, -0.1) is 0 Å². The van der Waals surface area contributed by atoms with Crippen molar-refractivity contribution in [1.82, 2.24) is 15.1 Å². The minimum atomic E-state index is 0.159. The van der Waals surface area contributed by atoms with Gasteiger partial charge in [0.15, 0.2) is 0 Å². The maximum Gasteiger partial charge on any atom is 0.225 e. The Kier molecular flexibility index (Phi) is 4.62. The van der Waals surface area contributed by atoms with Crippen LogP contribution in [0.5, 0.6) is 0 Å². The summed E-state index contributed by atoms with van der Waals surface area (Å²) in [5, 5.41) is 3.38. The number of hydrogen-bond donors (Lipinski definition) is 1. The van der Waals surface area contributed by atoms with E-state index in [9.17, 15) is 4.79 Å². The first-order valence-electron chi connectivity index (χ1n) is 7.33. The van der Waals surface area contributed by atoms with Gasteiger partial charge in [-0.05, 0) is 12.3 Å². The smallest absolute Gasteiger partial charge is 0.225 e. The predicted molar refractivity (Wildman–Crippen MR) is 73.4 cm³/mol. The minimum absolute atomic E-state index is 0.159. The van der Waals surface area contributed by atoms with E-state index in [-0.39, 0.29) is 5.92 Å². The van der Waals surface area contributed by atoms with Crippen LogP contribution in [-0.4, -0.2) is 61.0 Å². The summed E-state index contributed by atoms with van der Waals surface area (Å²) >= 11 is 0. The molecule has 4 nitrogen and oxygen atoms in total. The normalized spacial score (nSPS) is 27.8. The monoisotopic (exact) mass is 253 g/mol. The Labute approximate surface area is 111 Å². The molecule has 0 spiro atoms. The van der Waals surface area contributed by atoms with E-state index in [1.54, 1.807) is 0 Å². The topological polar surface area (TPSA) is 35.6 Å². The van der Waals surface area contributed by atoms with Crippen molar-refractivity contribution >= 4 is 5.91 Å². The van der Waals surface area contributed by atoms with Crippen molar-refractivity contribution in [3.63, 3.8) is 0 Å². The van der Waals surface area contributed by atoms with Gasteiger partial charge in [-0.25, -0.2) is 0 Å². The molecule has 0 aromatic heterocycles. The highest BCUT2D eigenvalue weighted by Crippen LogP contribution is 2.21. The molecule has 18 heavy (non-hydrogen) atoms. The summed E-state index contributed by atoms with van der Waals surface area (Å²) in [6, 6.07) is 0.593. The molecule has 2 unspecified atom stereocenters. The van der Waals surface area contributed by atoms with E-state index in [0.717, 1.165) is 45.7 Å². The van der Waals surface area contributed by atoms with Crippen LogP contribution < -0.4 is 5.32 Å². The summed E-state index contributed by atoms with van der Waals surface area (Å²) in [6.45, 7) is 12.7. The van der Waals surface area contributed by atoms with E-state index in [4.69, 9.17) is 0 Å². The predicted octanol–water partition coefficient (Wildman–Crippen LogP) is 0.785. The largest absolute Gasteiger partial charge is 0.341 e. The molecule has 0 aromatic rings. The molecule has 0 saturated carbocycles. The number of rotatable bonds is 3. The summed E-state index contributed by atoms with van der Waals surface area (Å²) in [5.41, 5.74) is 0. The molecule has 0 aromatic carbocycles. The van der Waals surface area contributed by atoms with Crippen LogP contribution in [-0.2, 0) is 4.79 Å². The fourth-order valence-corrected chi connectivity index (χ4v) is 2.86. The lowest BCUT2D eigenvalue weighted by atomic mass is 9.97. The van der Waals surface area contributed by atoms with E-state index >= 15 is 0 Å². The zero-order valence-electron chi connectivity index (χ0n) is 12.0. The van der Waals surface area contributed by atoms with Crippen LogP contribution in [0.4, 0.5) is 0 Å². The molecule has 2 saturated heterocycles. The van der Waals surface area contributed by atoms with Crippen molar-refractivity contribution in [1.29, 1.82) is 0 Å². The van der Waals surface area contributed by atoms with E-state index in [2.05, 4.69) is 35.9 Å². The molecule has 1 amide bonds. The van der Waals surface area contributed by atoms with Gasteiger partial charge in [0.2, 0.25) is 5.91 Å². The number of likely N-dealkylation sites (tertiary alicyclic amines) is 1. The van der Waals surface area contributed by atoms with Gasteiger partial charge in [0.05, 0.1) is 0 Å². The zero-order chi connectivity index (χ0) is 13.1. The standard InChI is InChI=1S/C14H27N3O/c1-11(2)12(3)14(18)17-7-4-13(10-17)16-8-5-15-6-9-16/h11-13,15H,4-10H2,1-3H3. The maximum atomic E-state index is 12.3. The summed E-state index contributed by atoms with van der Waals surface area (Å²) in [6.07, 6.45) is 1.15. The highest BCUT2D eigenvalue weighted by atomic mass is 16.2. The number of nitrogens with one attached hydrogen (secondary N) is 1. The second kappa shape index (κ2) is 6.02. The van der Waals surface area contributed by atoms with Crippen LogP contribution in [0.3, 0.4) is 0 Å². The number of carbonyl (C=O) groups excluding carboxylic acids is 1. The molecule has 2 fully saturated rings. The molecule has 2 aliphatic heterocycles. The highest BCUT2D eigenvalue weighted by molar-refractivity contribution is 5.79. The molecule has 2 heterocycles. The van der Waals surface area contributed by atoms with Gasteiger partial charge >= 0.3 is 0 Å². The first-order chi connectivity index (χ1) is 8.59. The lowest BCUT2D eigenvalue weighted by molar-refractivity contribution is -0.135. The summed E-state index contributed by atoms with van der Waals surface area (Å²) in [7, 11) is 0. The van der Waals surface area contributed by atoms with Crippen molar-refractivity contribution < 1.29 is 4.79 Å². The molecule has 104 valence electrons. The lowest BCUT2D eigenvalue weighted by Gasteiger charge is -2.32. The summed E-state index contributed by atoms with van der Waals surface area (Å²) in [4.78, 5) is 16.9. The Hall–Kier alpha value is -0.610. The molecule has 2 atom stereocenters. The molecule has 1 N–H and O–H groups in total. The van der Waals surface area contributed by atoms with Gasteiger partial charge in [0.25, 0.3) is 0 Å². The fourth-order valence-electron chi connectivity index (χ4n) is 2.86. The van der Waals surface area contributed by atoms with Gasteiger partial charge < -0.3 is 10.2 Å². The van der Waals surface area contributed by atoms with Crippen LogP contribution >= 0.6 is 0 Å². The molecule has 0 aliphatic carbocycles. The number of carbonyl (C=O) groups is 1. The first kappa shape index (κ1) is 13.8. The van der Waals surface area contributed by atoms with Gasteiger partial charge in [-0.1, -0.05) is 20.8 Å². The SMILES string of the molecule is CC(C)C(C)C(=O)N1CCC(N2CCNCC2)C1. The number of amides is 1. The lowest BCUT2D eigenvalue weighted by Crippen LogP contribution is -2.49. The Morgan fingerprint density at radius 3 is 2.44 bits per heavy atom. The average molecular weight is 253 g/mol. The van der Waals surface area contributed by atoms with E-state index in [1.165, 1.54) is 0 Å². The highest BCUT2D eigenvalue weighted by Gasteiger charge is 2.33. The molecule has 0 radical (unpaired) electrons. The Morgan fingerprint density at radius 2 is 1.83 bits per heavy atom. The van der Waals surface area contributed by atoms with Gasteiger partial charge in [0, 0.05) is 51.2 Å². The molecule has 4 heteroatoms. The maximum absolute atomic E-state index is 12.3.